The number of rotatable bonds is 8. The number of tetrazole rings is 1. The number of thioether (sulfide) groups is 2. The first-order valence-corrected chi connectivity index (χ1v) is 12.0. The van der Waals surface area contributed by atoms with Crippen LogP contribution in [-0.4, -0.2) is 93.6 Å². The van der Waals surface area contributed by atoms with E-state index in [1.807, 2.05) is 0 Å². The highest BCUT2D eigenvalue weighted by Gasteiger charge is 2.66. The number of benzene rings is 1. The Bertz CT molecular complexity index is 1310. The SMILES string of the molecule is COC1(N=Cc2ccc([N+](=O)[O-])cc2)C(=O)N2C(C(=O)O)=C(C(C)Sc3nnnn3C(=O)O)CS[C@@H]21. The van der Waals surface area contributed by atoms with E-state index in [1.54, 1.807) is 6.92 Å². The molecule has 15 nitrogen and oxygen atoms in total. The first kappa shape index (κ1) is 25.3. The smallest absolute Gasteiger partial charge is 0.436 e. The quantitative estimate of drug-likeness (QED) is 0.122. The minimum atomic E-state index is -1.68. The van der Waals surface area contributed by atoms with Crippen molar-refractivity contribution >= 4 is 53.4 Å². The molecule has 1 aromatic heterocycles. The molecule has 1 amide bonds. The molecule has 4 rings (SSSR count). The summed E-state index contributed by atoms with van der Waals surface area (Å²) < 4.78 is 6.02. The largest absolute Gasteiger partial charge is 0.477 e. The van der Waals surface area contributed by atoms with Crippen LogP contribution >= 0.6 is 23.5 Å². The highest BCUT2D eigenvalue weighted by molar-refractivity contribution is 8.01. The zero-order chi connectivity index (χ0) is 26.2. The van der Waals surface area contributed by atoms with Crippen LogP contribution in [-0.2, 0) is 14.3 Å². The van der Waals surface area contributed by atoms with Gasteiger partial charge in [0.05, 0.1) is 4.92 Å². The average Bonchev–Trinajstić information content (AvgIpc) is 3.32. The van der Waals surface area contributed by atoms with Gasteiger partial charge >= 0.3 is 12.1 Å². The van der Waals surface area contributed by atoms with Crippen molar-refractivity contribution in [3.05, 3.63) is 51.2 Å². The number of aromatic nitrogens is 4. The molecule has 0 bridgehead atoms. The maximum atomic E-state index is 13.2. The lowest BCUT2D eigenvalue weighted by molar-refractivity contribution is -0.384. The molecule has 1 saturated heterocycles. The molecule has 17 heteroatoms. The zero-order valence-corrected chi connectivity index (χ0v) is 20.2. The fourth-order valence-corrected chi connectivity index (χ4v) is 6.27. The number of ether oxygens (including phenoxy) is 1. The standard InChI is InChI=1S/C19H17N7O8S2/c1-9(36-17-21-22-23-25(17)18(30)31)12-8-35-16-19(34-2,15(29)24(16)13(12)14(27)28)20-7-10-3-5-11(6-4-10)26(32)33/h3-7,9,16H,8H2,1-2H3,(H,27,28)(H,30,31)/t9?,16-,19?/m1/s1. The Morgan fingerprint density at radius 3 is 2.67 bits per heavy atom. The molecule has 0 saturated carbocycles. The van der Waals surface area contributed by atoms with E-state index in [0.29, 0.717) is 15.8 Å². The number of nitro groups is 1. The second-order valence-corrected chi connectivity index (χ2v) is 9.82. The van der Waals surface area contributed by atoms with Gasteiger partial charge in [0.15, 0.2) is 0 Å². The highest BCUT2D eigenvalue weighted by Crippen LogP contribution is 2.50. The number of aliphatic imine (C=N–C) groups is 1. The van der Waals surface area contributed by atoms with Crippen LogP contribution in [0, 0.1) is 10.1 Å². The number of nitrogens with zero attached hydrogens (tertiary/aromatic N) is 7. The molecule has 3 atom stereocenters. The minimum absolute atomic E-state index is 0.0479. The molecule has 1 aromatic carbocycles. The molecule has 2 unspecified atom stereocenters. The summed E-state index contributed by atoms with van der Waals surface area (Å²) in [6, 6.07) is 5.51. The highest BCUT2D eigenvalue weighted by atomic mass is 32.2. The number of amides is 1. The van der Waals surface area contributed by atoms with Crippen LogP contribution in [0.4, 0.5) is 10.5 Å². The molecular formula is C19H17N7O8S2. The molecule has 1 fully saturated rings. The van der Waals surface area contributed by atoms with Crippen molar-refractivity contribution in [2.75, 3.05) is 12.9 Å². The van der Waals surface area contributed by atoms with Crippen LogP contribution < -0.4 is 0 Å². The number of hydrogen-bond acceptors (Lipinski definition) is 12. The Labute approximate surface area is 210 Å². The summed E-state index contributed by atoms with van der Waals surface area (Å²) in [4.78, 5) is 52.4. The number of carbonyl (C=O) groups is 3. The van der Waals surface area contributed by atoms with Crippen LogP contribution in [0.2, 0.25) is 0 Å². The summed E-state index contributed by atoms with van der Waals surface area (Å²) in [6.07, 6.45) is -0.0544. The summed E-state index contributed by atoms with van der Waals surface area (Å²) in [7, 11) is 1.28. The molecule has 0 spiro atoms. The normalized spacial score (nSPS) is 22.3. The van der Waals surface area contributed by atoms with E-state index >= 15 is 0 Å². The number of hydrogen-bond donors (Lipinski definition) is 2. The van der Waals surface area contributed by atoms with Crippen molar-refractivity contribution in [2.24, 2.45) is 4.99 Å². The van der Waals surface area contributed by atoms with Gasteiger partial charge in [-0.15, -0.1) is 21.5 Å². The lowest BCUT2D eigenvalue weighted by atomic mass is 9.98. The number of non-ortho nitro benzene ring substituents is 1. The van der Waals surface area contributed by atoms with Crippen LogP contribution in [0.5, 0.6) is 0 Å². The van der Waals surface area contributed by atoms with Crippen LogP contribution in [0.3, 0.4) is 0 Å². The summed E-state index contributed by atoms with van der Waals surface area (Å²) in [5, 5.41) is 38.9. The second-order valence-electron chi connectivity index (χ2n) is 7.44. The predicted octanol–water partition coefficient (Wildman–Crippen LogP) is 1.30. The molecule has 0 aliphatic carbocycles. The summed E-state index contributed by atoms with van der Waals surface area (Å²) >= 11 is 2.18. The van der Waals surface area contributed by atoms with E-state index in [0.717, 1.165) is 16.7 Å². The van der Waals surface area contributed by atoms with Gasteiger partial charge in [0.25, 0.3) is 17.3 Å². The maximum Gasteiger partial charge on any atom is 0.436 e. The molecule has 3 heterocycles. The third-order valence-corrected chi connectivity index (χ3v) is 7.88. The van der Waals surface area contributed by atoms with Gasteiger partial charge < -0.3 is 14.9 Å². The van der Waals surface area contributed by atoms with Gasteiger partial charge in [-0.05, 0) is 40.6 Å². The van der Waals surface area contributed by atoms with Gasteiger partial charge in [-0.3, -0.25) is 19.8 Å². The third-order valence-electron chi connectivity index (χ3n) is 5.45. The van der Waals surface area contributed by atoms with E-state index in [1.165, 1.54) is 49.4 Å². The summed E-state index contributed by atoms with van der Waals surface area (Å²) in [6.45, 7) is 1.66. The van der Waals surface area contributed by atoms with E-state index in [-0.39, 0.29) is 22.3 Å². The molecule has 2 aromatic rings. The first-order valence-electron chi connectivity index (χ1n) is 10.1. The van der Waals surface area contributed by atoms with Gasteiger partial charge in [0.1, 0.15) is 11.1 Å². The number of aliphatic carboxylic acids is 1. The first-order chi connectivity index (χ1) is 17.1. The molecule has 2 N–H and O–H groups in total. The van der Waals surface area contributed by atoms with Crippen molar-refractivity contribution < 1.29 is 34.3 Å². The van der Waals surface area contributed by atoms with Gasteiger partial charge in [-0.1, -0.05) is 11.8 Å². The molecule has 0 radical (unpaired) electrons. The number of carbonyl (C=O) groups excluding carboxylic acids is 1. The van der Waals surface area contributed by atoms with E-state index < -0.39 is 39.2 Å². The Morgan fingerprint density at radius 2 is 2.08 bits per heavy atom. The number of carboxylic acid groups (broad SMARTS) is 2. The Balaban J connectivity index is 1.61. The number of nitro benzene ring substituents is 1. The monoisotopic (exact) mass is 535 g/mol. The molecule has 2 aliphatic rings. The minimum Gasteiger partial charge on any atom is -0.477 e. The van der Waals surface area contributed by atoms with Gasteiger partial charge in [0.2, 0.25) is 5.16 Å². The number of carboxylic acids is 1. The van der Waals surface area contributed by atoms with Crippen molar-refractivity contribution in [2.45, 2.75) is 28.4 Å². The Hall–Kier alpha value is -3.83. The lowest BCUT2D eigenvalue weighted by Gasteiger charge is -2.54. The Morgan fingerprint density at radius 1 is 1.39 bits per heavy atom. The third kappa shape index (κ3) is 4.20. The molecular weight excluding hydrogens is 518 g/mol. The summed E-state index contributed by atoms with van der Waals surface area (Å²) in [5.41, 5.74) is -1.15. The number of methoxy groups -OCH3 is 1. The topological polar surface area (TPSA) is 203 Å². The van der Waals surface area contributed by atoms with Gasteiger partial charge in [0, 0.05) is 36.5 Å². The average molecular weight is 536 g/mol. The lowest BCUT2D eigenvalue weighted by Crippen LogP contribution is -2.73. The van der Waals surface area contributed by atoms with Crippen LogP contribution in [0.15, 0.2) is 45.7 Å². The predicted molar refractivity (Wildman–Crippen MR) is 125 cm³/mol. The Kier molecular flexibility index (Phi) is 6.79. The second kappa shape index (κ2) is 9.67. The van der Waals surface area contributed by atoms with E-state index in [9.17, 15) is 34.7 Å². The number of β-lactam (4-membered cyclic amide) rings is 1. The molecule has 188 valence electrons. The van der Waals surface area contributed by atoms with Crippen molar-refractivity contribution in [1.29, 1.82) is 0 Å². The molecule has 36 heavy (non-hydrogen) atoms. The van der Waals surface area contributed by atoms with Crippen molar-refractivity contribution in [3.63, 3.8) is 0 Å². The summed E-state index contributed by atoms with van der Waals surface area (Å²) in [5.74, 6) is -1.84. The molecule has 2 aliphatic heterocycles. The van der Waals surface area contributed by atoms with Gasteiger partial charge in [-0.25, -0.2) is 14.6 Å². The van der Waals surface area contributed by atoms with E-state index in [4.69, 9.17) is 4.74 Å². The van der Waals surface area contributed by atoms with Crippen molar-refractivity contribution in [3.8, 4) is 0 Å². The maximum absolute atomic E-state index is 13.2. The van der Waals surface area contributed by atoms with Crippen molar-refractivity contribution in [1.82, 2.24) is 25.1 Å². The van der Waals surface area contributed by atoms with Gasteiger partial charge in [-0.2, -0.15) is 0 Å². The fraction of sp³-hybridized carbons (Fsp3) is 0.316. The van der Waals surface area contributed by atoms with Crippen LogP contribution in [0.25, 0.3) is 0 Å². The van der Waals surface area contributed by atoms with E-state index in [2.05, 4.69) is 20.5 Å². The fourth-order valence-electron chi connectivity index (χ4n) is 3.66. The zero-order valence-electron chi connectivity index (χ0n) is 18.5. The van der Waals surface area contributed by atoms with Crippen LogP contribution in [0.1, 0.15) is 12.5 Å². The number of fused-ring (bicyclic) bond motifs is 1.